The topological polar surface area (TPSA) is 70.4 Å². The number of oxazole rings is 1. The number of nitrogens with zero attached hydrogens (tertiary/aromatic N) is 2. The van der Waals surface area contributed by atoms with Gasteiger partial charge in [-0.15, -0.1) is 0 Å². The third kappa shape index (κ3) is 7.40. The molecule has 7 heteroatoms. The maximum Gasteiger partial charge on any atom is 0.226 e. The van der Waals surface area contributed by atoms with E-state index in [0.717, 1.165) is 62.5 Å². The van der Waals surface area contributed by atoms with Crippen LogP contribution in [-0.4, -0.2) is 55.1 Å². The Bertz CT molecular complexity index is 1100. The van der Waals surface area contributed by atoms with Gasteiger partial charge in [0.05, 0.1) is 11.6 Å². The molecule has 2 unspecified atom stereocenters. The third-order valence-corrected chi connectivity index (χ3v) is 6.81. The van der Waals surface area contributed by atoms with Gasteiger partial charge < -0.3 is 20.0 Å². The number of piperidine rings is 1. The van der Waals surface area contributed by atoms with E-state index in [9.17, 15) is 4.79 Å². The molecule has 0 bridgehead atoms. The molecule has 35 heavy (non-hydrogen) atoms. The molecule has 1 aromatic heterocycles. The predicted molar refractivity (Wildman–Crippen MR) is 141 cm³/mol. The molecule has 0 spiro atoms. The molecule has 2 N–H and O–H groups in total. The Morgan fingerprint density at radius 1 is 1.26 bits per heavy atom. The molecule has 2 heterocycles. The molecule has 4 rings (SSSR count). The van der Waals surface area contributed by atoms with Crippen LogP contribution in [0.2, 0.25) is 5.02 Å². The molecule has 1 aliphatic rings. The number of amides is 1. The van der Waals surface area contributed by atoms with Crippen LogP contribution in [0.5, 0.6) is 0 Å². The first kappa shape index (κ1) is 25.4. The summed E-state index contributed by atoms with van der Waals surface area (Å²) in [5.41, 5.74) is 3.02. The first-order valence-corrected chi connectivity index (χ1v) is 12.8. The first-order chi connectivity index (χ1) is 17.0. The number of hydrogen-bond donors (Lipinski definition) is 2. The van der Waals surface area contributed by atoms with E-state index in [1.54, 1.807) is 0 Å². The summed E-state index contributed by atoms with van der Waals surface area (Å²) >= 11 is 6.16. The number of rotatable bonds is 10. The van der Waals surface area contributed by atoms with Crippen molar-refractivity contribution in [1.82, 2.24) is 20.5 Å². The average Bonchev–Trinajstić information content (AvgIpc) is 3.24. The maximum absolute atomic E-state index is 13.1. The zero-order valence-electron chi connectivity index (χ0n) is 20.6. The van der Waals surface area contributed by atoms with Gasteiger partial charge in [-0.2, -0.15) is 0 Å². The summed E-state index contributed by atoms with van der Waals surface area (Å²) in [6, 6.07) is 17.9. The van der Waals surface area contributed by atoms with Gasteiger partial charge in [-0.05, 0) is 63.5 Å². The lowest BCUT2D eigenvalue weighted by molar-refractivity contribution is -0.126. The van der Waals surface area contributed by atoms with Crippen LogP contribution in [-0.2, 0) is 17.6 Å². The van der Waals surface area contributed by atoms with Crippen LogP contribution in [0.25, 0.3) is 11.5 Å². The van der Waals surface area contributed by atoms with Crippen molar-refractivity contribution in [1.29, 1.82) is 0 Å². The number of hydrogen-bond acceptors (Lipinski definition) is 5. The molecule has 0 aliphatic carbocycles. The monoisotopic (exact) mass is 494 g/mol. The highest BCUT2D eigenvalue weighted by atomic mass is 35.5. The second-order valence-electron chi connectivity index (χ2n) is 9.48. The number of carbonyl (C=O) groups excluding carboxylic acids is 1. The van der Waals surface area contributed by atoms with Gasteiger partial charge >= 0.3 is 0 Å². The summed E-state index contributed by atoms with van der Waals surface area (Å²) in [7, 11) is 2.11. The SMILES string of the molecule is Cc1oc(-c2cccc(Cl)c2)nc1CC(CN(C)CCc1ccccc1)NC(=O)C1CCCNC1. The number of benzene rings is 2. The van der Waals surface area contributed by atoms with Gasteiger partial charge in [0, 0.05) is 42.7 Å². The van der Waals surface area contributed by atoms with Gasteiger partial charge in [-0.3, -0.25) is 4.79 Å². The van der Waals surface area contributed by atoms with Crippen molar-refractivity contribution in [3.63, 3.8) is 0 Å². The highest BCUT2D eigenvalue weighted by Gasteiger charge is 2.25. The minimum absolute atomic E-state index is 0.0151. The third-order valence-electron chi connectivity index (χ3n) is 6.58. The Labute approximate surface area is 213 Å². The standard InChI is InChI=1S/C28H35ClN4O2/c1-20-26(32-28(35-20)22-10-6-12-24(29)16-22)17-25(31-27(34)23-11-7-14-30-18-23)19-33(2)15-13-21-8-4-3-5-9-21/h3-6,8-10,12,16,23,25,30H,7,11,13-15,17-19H2,1-2H3,(H,31,34). The van der Waals surface area contributed by atoms with Crippen LogP contribution in [0.3, 0.4) is 0 Å². The molecule has 1 amide bonds. The van der Waals surface area contributed by atoms with E-state index in [1.165, 1.54) is 5.56 Å². The van der Waals surface area contributed by atoms with E-state index < -0.39 is 0 Å². The quantitative estimate of drug-likeness (QED) is 0.434. The van der Waals surface area contributed by atoms with E-state index in [2.05, 4.69) is 46.8 Å². The van der Waals surface area contributed by atoms with Crippen LogP contribution in [0.1, 0.15) is 29.9 Å². The van der Waals surface area contributed by atoms with Gasteiger partial charge in [0.25, 0.3) is 0 Å². The van der Waals surface area contributed by atoms with Crippen molar-refractivity contribution in [2.24, 2.45) is 5.92 Å². The zero-order valence-corrected chi connectivity index (χ0v) is 21.4. The summed E-state index contributed by atoms with van der Waals surface area (Å²) in [6.07, 6.45) is 3.53. The van der Waals surface area contributed by atoms with Crippen molar-refractivity contribution in [2.45, 2.75) is 38.6 Å². The molecule has 186 valence electrons. The van der Waals surface area contributed by atoms with E-state index in [1.807, 2.05) is 37.3 Å². The number of aryl methyl sites for hydroxylation is 1. The van der Waals surface area contributed by atoms with Crippen molar-refractivity contribution < 1.29 is 9.21 Å². The van der Waals surface area contributed by atoms with Crippen molar-refractivity contribution in [3.05, 3.63) is 76.6 Å². The smallest absolute Gasteiger partial charge is 0.226 e. The predicted octanol–water partition coefficient (Wildman–Crippen LogP) is 4.50. The lowest BCUT2D eigenvalue weighted by Crippen LogP contribution is -2.49. The molecule has 6 nitrogen and oxygen atoms in total. The van der Waals surface area contributed by atoms with E-state index in [0.29, 0.717) is 17.3 Å². The van der Waals surface area contributed by atoms with Crippen molar-refractivity contribution in [2.75, 3.05) is 33.2 Å². The van der Waals surface area contributed by atoms with E-state index in [4.69, 9.17) is 21.0 Å². The summed E-state index contributed by atoms with van der Waals surface area (Å²) in [5.74, 6) is 1.46. The Balaban J connectivity index is 1.45. The lowest BCUT2D eigenvalue weighted by Gasteiger charge is -2.28. The minimum atomic E-state index is -0.0683. The highest BCUT2D eigenvalue weighted by Crippen LogP contribution is 2.25. The summed E-state index contributed by atoms with van der Waals surface area (Å²) in [4.78, 5) is 20.1. The summed E-state index contributed by atoms with van der Waals surface area (Å²) in [6.45, 7) is 5.30. The van der Waals surface area contributed by atoms with Crippen LogP contribution in [0, 0.1) is 12.8 Å². The second kappa shape index (κ2) is 12.3. The summed E-state index contributed by atoms with van der Waals surface area (Å²) in [5, 5.41) is 7.31. The van der Waals surface area contributed by atoms with Gasteiger partial charge in [0.15, 0.2) is 0 Å². The second-order valence-corrected chi connectivity index (χ2v) is 9.92. The van der Waals surface area contributed by atoms with Gasteiger partial charge in [-0.1, -0.05) is 48.0 Å². The van der Waals surface area contributed by atoms with E-state index >= 15 is 0 Å². The van der Waals surface area contributed by atoms with Gasteiger partial charge in [0.2, 0.25) is 11.8 Å². The molecule has 0 radical (unpaired) electrons. The molecule has 2 atom stereocenters. The molecule has 0 saturated carbocycles. The zero-order chi connectivity index (χ0) is 24.6. The first-order valence-electron chi connectivity index (χ1n) is 12.4. The number of likely N-dealkylation sites (N-methyl/N-ethyl adjacent to an activating group) is 1. The van der Waals surface area contributed by atoms with Crippen molar-refractivity contribution in [3.8, 4) is 11.5 Å². The van der Waals surface area contributed by atoms with Gasteiger partial charge in [-0.25, -0.2) is 4.98 Å². The molecule has 3 aromatic rings. The van der Waals surface area contributed by atoms with Crippen LogP contribution >= 0.6 is 11.6 Å². The fraction of sp³-hybridized carbons (Fsp3) is 0.429. The number of aromatic nitrogens is 1. The molecular formula is C28H35ClN4O2. The molecule has 1 fully saturated rings. The highest BCUT2D eigenvalue weighted by molar-refractivity contribution is 6.30. The molecular weight excluding hydrogens is 460 g/mol. The lowest BCUT2D eigenvalue weighted by atomic mass is 9.98. The Morgan fingerprint density at radius 3 is 2.83 bits per heavy atom. The Kier molecular flexibility index (Phi) is 8.96. The largest absolute Gasteiger partial charge is 0.441 e. The number of carbonyl (C=O) groups is 1. The van der Waals surface area contributed by atoms with Gasteiger partial charge in [0.1, 0.15) is 5.76 Å². The molecule has 1 aliphatic heterocycles. The Hall–Kier alpha value is -2.67. The fourth-order valence-corrected chi connectivity index (χ4v) is 4.77. The number of halogens is 1. The van der Waals surface area contributed by atoms with Crippen LogP contribution in [0.15, 0.2) is 59.0 Å². The fourth-order valence-electron chi connectivity index (χ4n) is 4.58. The normalized spacial score (nSPS) is 16.9. The Morgan fingerprint density at radius 2 is 2.09 bits per heavy atom. The molecule has 2 aromatic carbocycles. The van der Waals surface area contributed by atoms with E-state index in [-0.39, 0.29) is 17.9 Å². The van der Waals surface area contributed by atoms with Crippen LogP contribution < -0.4 is 10.6 Å². The molecule has 1 saturated heterocycles. The summed E-state index contributed by atoms with van der Waals surface area (Å²) < 4.78 is 5.98. The average molecular weight is 495 g/mol. The van der Waals surface area contributed by atoms with Crippen molar-refractivity contribution >= 4 is 17.5 Å². The van der Waals surface area contributed by atoms with Crippen LogP contribution in [0.4, 0.5) is 0 Å². The number of nitrogens with one attached hydrogen (secondary N) is 2. The minimum Gasteiger partial charge on any atom is -0.441 e. The maximum atomic E-state index is 13.1.